The van der Waals surface area contributed by atoms with Crippen LogP contribution >= 0.6 is 22.6 Å². The van der Waals surface area contributed by atoms with E-state index in [1.54, 1.807) is 12.1 Å². The Kier molecular flexibility index (Phi) is 3.41. The van der Waals surface area contributed by atoms with Gasteiger partial charge < -0.3 is 9.64 Å². The number of para-hydroxylation sites is 1. The number of rotatable bonds is 1. The zero-order chi connectivity index (χ0) is 18.0. The Morgan fingerprint density at radius 3 is 2.64 bits per heavy atom. The van der Waals surface area contributed by atoms with Gasteiger partial charge in [-0.3, -0.25) is 10.1 Å². The number of nitro groups is 1. The van der Waals surface area contributed by atoms with Crippen molar-refractivity contribution < 1.29 is 9.66 Å². The first-order valence-electron chi connectivity index (χ1n) is 7.97. The summed E-state index contributed by atoms with van der Waals surface area (Å²) in [5.74, 6) is 0.696. The molecule has 0 saturated carbocycles. The average Bonchev–Trinajstić information content (AvgIpc) is 2.75. The van der Waals surface area contributed by atoms with Crippen molar-refractivity contribution in [2.45, 2.75) is 25.0 Å². The summed E-state index contributed by atoms with van der Waals surface area (Å²) in [6, 6.07) is 11.4. The molecule has 0 aromatic heterocycles. The Balaban J connectivity index is 1.88. The summed E-state index contributed by atoms with van der Waals surface area (Å²) >= 11 is 2.11. The predicted molar refractivity (Wildman–Crippen MR) is 106 cm³/mol. The predicted octanol–water partition coefficient (Wildman–Crippen LogP) is 4.73. The third-order valence-corrected chi connectivity index (χ3v) is 6.15. The van der Waals surface area contributed by atoms with Gasteiger partial charge >= 0.3 is 0 Å². The van der Waals surface area contributed by atoms with E-state index >= 15 is 0 Å². The summed E-state index contributed by atoms with van der Waals surface area (Å²) in [5, 5.41) is 11.1. The number of likely N-dealkylation sites (N-methyl/N-ethyl adjacent to an activating group) is 1. The molecule has 4 rings (SSSR count). The van der Waals surface area contributed by atoms with E-state index in [0.717, 1.165) is 14.8 Å². The molecule has 2 aliphatic heterocycles. The van der Waals surface area contributed by atoms with Crippen molar-refractivity contribution in [1.29, 1.82) is 0 Å². The van der Waals surface area contributed by atoms with E-state index in [4.69, 9.17) is 4.74 Å². The summed E-state index contributed by atoms with van der Waals surface area (Å²) in [4.78, 5) is 12.9. The summed E-state index contributed by atoms with van der Waals surface area (Å²) in [7, 11) is 2.03. The van der Waals surface area contributed by atoms with Gasteiger partial charge in [-0.1, -0.05) is 18.2 Å². The smallest absolute Gasteiger partial charge is 0.271 e. The molecule has 128 valence electrons. The molecule has 5 nitrogen and oxygen atoms in total. The molecule has 2 aromatic rings. The molecule has 2 aliphatic rings. The third kappa shape index (κ3) is 2.06. The average molecular weight is 448 g/mol. The number of nitrogens with zero attached hydrogens (tertiary/aromatic N) is 2. The number of ether oxygens (including phenoxy) is 1. The van der Waals surface area contributed by atoms with Gasteiger partial charge in [0, 0.05) is 30.4 Å². The quantitative estimate of drug-likeness (QED) is 0.360. The van der Waals surface area contributed by atoms with Crippen LogP contribution in [0.4, 0.5) is 11.4 Å². The van der Waals surface area contributed by atoms with Crippen molar-refractivity contribution in [3.8, 4) is 5.75 Å². The van der Waals surface area contributed by atoms with Crippen molar-refractivity contribution in [3.05, 3.63) is 67.3 Å². The van der Waals surface area contributed by atoms with Crippen LogP contribution in [0, 0.1) is 13.7 Å². The molecule has 25 heavy (non-hydrogen) atoms. The Morgan fingerprint density at radius 1 is 1.24 bits per heavy atom. The number of nitro benzene ring substituents is 1. The highest BCUT2D eigenvalue weighted by atomic mass is 127. The lowest BCUT2D eigenvalue weighted by Gasteiger charge is -2.46. The molecule has 1 atom stereocenters. The Hall–Kier alpha value is -2.09. The molecule has 2 heterocycles. The van der Waals surface area contributed by atoms with Crippen LogP contribution in [0.25, 0.3) is 6.08 Å². The fourth-order valence-electron chi connectivity index (χ4n) is 3.93. The van der Waals surface area contributed by atoms with Gasteiger partial charge in [0.2, 0.25) is 5.72 Å². The van der Waals surface area contributed by atoms with Gasteiger partial charge in [0.1, 0.15) is 5.75 Å². The number of fused-ring (bicyclic) bond motifs is 2. The molecule has 0 fully saturated rings. The first-order valence-corrected chi connectivity index (χ1v) is 9.05. The van der Waals surface area contributed by atoms with Gasteiger partial charge in [0.05, 0.1) is 13.9 Å². The van der Waals surface area contributed by atoms with Crippen LogP contribution in [-0.2, 0) is 5.41 Å². The van der Waals surface area contributed by atoms with Gasteiger partial charge in [-0.15, -0.1) is 0 Å². The Bertz CT molecular complexity index is 938. The second kappa shape index (κ2) is 5.20. The number of non-ortho nitro benzene ring substituents is 1. The molecular weight excluding hydrogens is 431 g/mol. The van der Waals surface area contributed by atoms with Crippen molar-refractivity contribution in [3.63, 3.8) is 0 Å². The summed E-state index contributed by atoms with van der Waals surface area (Å²) < 4.78 is 7.31. The zero-order valence-electron chi connectivity index (χ0n) is 14.1. The van der Waals surface area contributed by atoms with Crippen molar-refractivity contribution in [2.24, 2.45) is 0 Å². The second-order valence-corrected chi connectivity index (χ2v) is 8.10. The first kappa shape index (κ1) is 16.4. The van der Waals surface area contributed by atoms with E-state index in [1.165, 1.54) is 5.56 Å². The summed E-state index contributed by atoms with van der Waals surface area (Å²) in [6.45, 7) is 4.34. The number of halogens is 1. The SMILES string of the molecule is CN1c2ccccc2C(C)(C)C12C=Cc1cc([N+](=O)[O-])cc(I)c1O2. The highest BCUT2D eigenvalue weighted by Gasteiger charge is 2.57. The highest BCUT2D eigenvalue weighted by molar-refractivity contribution is 14.1. The number of benzene rings is 2. The third-order valence-electron chi connectivity index (χ3n) is 5.35. The molecule has 6 heteroatoms. The maximum atomic E-state index is 11.1. The maximum Gasteiger partial charge on any atom is 0.271 e. The van der Waals surface area contributed by atoms with Gasteiger partial charge in [0.15, 0.2) is 0 Å². The minimum Gasteiger partial charge on any atom is -0.462 e. The van der Waals surface area contributed by atoms with Crippen LogP contribution in [0.15, 0.2) is 42.5 Å². The second-order valence-electron chi connectivity index (χ2n) is 6.94. The molecule has 0 N–H and O–H groups in total. The van der Waals surface area contributed by atoms with Gasteiger partial charge in [0.25, 0.3) is 5.69 Å². The highest BCUT2D eigenvalue weighted by Crippen LogP contribution is 2.54. The van der Waals surface area contributed by atoms with Gasteiger partial charge in [-0.2, -0.15) is 0 Å². The van der Waals surface area contributed by atoms with E-state index < -0.39 is 5.72 Å². The van der Waals surface area contributed by atoms with E-state index in [9.17, 15) is 10.1 Å². The zero-order valence-corrected chi connectivity index (χ0v) is 16.3. The number of hydrogen-bond acceptors (Lipinski definition) is 4. The van der Waals surface area contributed by atoms with E-state index in [2.05, 4.69) is 53.5 Å². The first-order chi connectivity index (χ1) is 11.8. The monoisotopic (exact) mass is 448 g/mol. The molecule has 1 spiro atoms. The molecule has 1 unspecified atom stereocenters. The van der Waals surface area contributed by atoms with Crippen LogP contribution in [0.1, 0.15) is 25.0 Å². The van der Waals surface area contributed by atoms with Gasteiger partial charge in [-0.25, -0.2) is 0 Å². The van der Waals surface area contributed by atoms with Crippen LogP contribution in [0.5, 0.6) is 5.75 Å². The molecule has 2 aromatic carbocycles. The van der Waals surface area contributed by atoms with Crippen LogP contribution in [0.2, 0.25) is 0 Å². The summed E-state index contributed by atoms with van der Waals surface area (Å²) in [5.41, 5.74) is 2.23. The Labute approximate surface area is 159 Å². The standard InChI is InChI=1S/C19H17IN2O3/c1-18(2)14-6-4-5-7-16(14)21(3)19(18)9-8-12-10-13(22(23)24)11-15(20)17(12)25-19/h4-11H,1-3H3. The summed E-state index contributed by atoms with van der Waals surface area (Å²) in [6.07, 6.45) is 3.97. The fourth-order valence-corrected chi connectivity index (χ4v) is 4.67. The fraction of sp³-hybridized carbons (Fsp3) is 0.263. The molecule has 0 saturated heterocycles. The minimum absolute atomic E-state index is 0.0784. The molecule has 0 aliphatic carbocycles. The largest absolute Gasteiger partial charge is 0.462 e. The van der Waals surface area contributed by atoms with Crippen molar-refractivity contribution in [1.82, 2.24) is 0 Å². The van der Waals surface area contributed by atoms with Crippen LogP contribution in [0.3, 0.4) is 0 Å². The topological polar surface area (TPSA) is 55.6 Å². The molecule has 0 amide bonds. The normalized spacial score (nSPS) is 22.5. The van der Waals surface area contributed by atoms with Crippen LogP contribution < -0.4 is 9.64 Å². The minimum atomic E-state index is -0.667. The van der Waals surface area contributed by atoms with Crippen molar-refractivity contribution in [2.75, 3.05) is 11.9 Å². The molecular formula is C19H17IN2O3. The van der Waals surface area contributed by atoms with Crippen LogP contribution in [-0.4, -0.2) is 17.7 Å². The lowest BCUT2D eigenvalue weighted by molar-refractivity contribution is -0.385. The lowest BCUT2D eigenvalue weighted by atomic mass is 9.76. The van der Waals surface area contributed by atoms with Crippen molar-refractivity contribution >= 4 is 40.0 Å². The molecule has 0 radical (unpaired) electrons. The maximum absolute atomic E-state index is 11.1. The number of anilines is 1. The van der Waals surface area contributed by atoms with E-state index in [0.29, 0.717) is 5.75 Å². The number of hydrogen-bond donors (Lipinski definition) is 0. The lowest BCUT2D eigenvalue weighted by Crippen LogP contribution is -2.58. The Morgan fingerprint density at radius 2 is 1.96 bits per heavy atom. The van der Waals surface area contributed by atoms with Gasteiger partial charge in [-0.05, 0) is 60.2 Å². The molecule has 0 bridgehead atoms. The van der Waals surface area contributed by atoms with E-state index in [1.807, 2.05) is 31.3 Å². The van der Waals surface area contributed by atoms with E-state index in [-0.39, 0.29) is 16.0 Å².